The number of carbonyl (C=O) groups is 1. The van der Waals surface area contributed by atoms with Gasteiger partial charge in [-0.15, -0.1) is 0 Å². The number of nitrogens with zero attached hydrogens (tertiary/aromatic N) is 1. The van der Waals surface area contributed by atoms with Gasteiger partial charge < -0.3 is 14.2 Å². The van der Waals surface area contributed by atoms with E-state index in [1.54, 1.807) is 48.5 Å². The van der Waals surface area contributed by atoms with Crippen LogP contribution in [0.3, 0.4) is 0 Å². The van der Waals surface area contributed by atoms with Crippen LogP contribution in [0.5, 0.6) is 0 Å². The van der Waals surface area contributed by atoms with E-state index in [-0.39, 0.29) is 5.91 Å². The first-order chi connectivity index (χ1) is 16.5. The number of carbonyl (C=O) groups excluding carboxylic acids is 1. The van der Waals surface area contributed by atoms with Gasteiger partial charge in [-0.2, -0.15) is 0 Å². The van der Waals surface area contributed by atoms with Gasteiger partial charge in [0.15, 0.2) is 5.58 Å². The fourth-order valence-corrected chi connectivity index (χ4v) is 3.84. The highest BCUT2D eigenvalue weighted by atomic mass is 35.5. The van der Waals surface area contributed by atoms with Crippen LogP contribution < -0.4 is 5.32 Å². The minimum absolute atomic E-state index is 0.305. The number of anilines is 1. The molecule has 0 saturated carbocycles. The molecule has 5 nitrogen and oxygen atoms in total. The van der Waals surface area contributed by atoms with Gasteiger partial charge in [0, 0.05) is 22.9 Å². The van der Waals surface area contributed by atoms with Crippen molar-refractivity contribution >= 4 is 52.0 Å². The van der Waals surface area contributed by atoms with Gasteiger partial charge in [-0.3, -0.25) is 4.79 Å². The number of amides is 1. The molecule has 1 N–H and O–H groups in total. The number of rotatable bonds is 5. The highest BCUT2D eigenvalue weighted by molar-refractivity contribution is 6.43. The minimum atomic E-state index is -0.305. The first-order valence-electron chi connectivity index (χ1n) is 10.5. The molecule has 0 unspecified atom stereocenters. The lowest BCUT2D eigenvalue weighted by atomic mass is 10.1. The third-order valence-electron chi connectivity index (χ3n) is 5.20. The molecule has 0 bridgehead atoms. The van der Waals surface area contributed by atoms with Crippen LogP contribution >= 0.6 is 23.2 Å². The molecule has 5 rings (SSSR count). The van der Waals surface area contributed by atoms with Gasteiger partial charge in [-0.25, -0.2) is 4.98 Å². The summed E-state index contributed by atoms with van der Waals surface area (Å²) in [6, 6.07) is 22.1. The van der Waals surface area contributed by atoms with Crippen molar-refractivity contribution in [2.45, 2.75) is 6.92 Å². The fourth-order valence-electron chi connectivity index (χ4n) is 3.45. The molecule has 5 aromatic rings. The van der Waals surface area contributed by atoms with Crippen LogP contribution in [0.1, 0.15) is 11.3 Å². The molecular formula is C27H18Cl2N2O3. The van der Waals surface area contributed by atoms with Gasteiger partial charge in [0.05, 0.1) is 10.0 Å². The van der Waals surface area contributed by atoms with Crippen molar-refractivity contribution in [1.82, 2.24) is 4.98 Å². The summed E-state index contributed by atoms with van der Waals surface area (Å²) >= 11 is 12.3. The van der Waals surface area contributed by atoms with Crippen LogP contribution in [0.2, 0.25) is 10.0 Å². The predicted octanol–water partition coefficient (Wildman–Crippen LogP) is 8.02. The van der Waals surface area contributed by atoms with Gasteiger partial charge >= 0.3 is 0 Å². The fraction of sp³-hybridized carbons (Fsp3) is 0.0370. The molecule has 168 valence electrons. The van der Waals surface area contributed by atoms with Gasteiger partial charge in [0.25, 0.3) is 0 Å². The summed E-state index contributed by atoms with van der Waals surface area (Å²) in [4.78, 5) is 17.0. The summed E-state index contributed by atoms with van der Waals surface area (Å²) in [6.45, 7) is 2.03. The Morgan fingerprint density at radius 2 is 1.79 bits per heavy atom. The van der Waals surface area contributed by atoms with Gasteiger partial charge in [-0.05, 0) is 67.6 Å². The number of nitrogens with one attached hydrogen (secondary N) is 1. The highest BCUT2D eigenvalue weighted by Gasteiger charge is 2.11. The Balaban J connectivity index is 1.29. The van der Waals surface area contributed by atoms with E-state index in [4.69, 9.17) is 32.0 Å². The Hall–Kier alpha value is -3.80. The first-order valence-corrected chi connectivity index (χ1v) is 11.2. The second-order valence-electron chi connectivity index (χ2n) is 7.69. The minimum Gasteiger partial charge on any atom is -0.457 e. The van der Waals surface area contributed by atoms with E-state index in [0.29, 0.717) is 49.8 Å². The number of fused-ring (bicyclic) bond motifs is 1. The Labute approximate surface area is 205 Å². The molecule has 0 saturated heterocycles. The molecule has 0 atom stereocenters. The molecule has 0 fully saturated rings. The number of benzene rings is 3. The number of aromatic nitrogens is 1. The second kappa shape index (κ2) is 9.21. The molecule has 2 heterocycles. The van der Waals surface area contributed by atoms with E-state index >= 15 is 0 Å². The summed E-state index contributed by atoms with van der Waals surface area (Å²) in [5.74, 6) is 1.30. The molecule has 3 aromatic carbocycles. The van der Waals surface area contributed by atoms with Crippen molar-refractivity contribution < 1.29 is 13.6 Å². The molecule has 0 radical (unpaired) electrons. The van der Waals surface area contributed by atoms with Crippen molar-refractivity contribution in [3.63, 3.8) is 0 Å². The predicted molar refractivity (Wildman–Crippen MR) is 136 cm³/mol. The number of aryl methyl sites for hydroxylation is 1. The zero-order chi connectivity index (χ0) is 23.7. The second-order valence-corrected chi connectivity index (χ2v) is 8.48. The quantitative estimate of drug-likeness (QED) is 0.254. The third kappa shape index (κ3) is 4.62. The molecular weight excluding hydrogens is 471 g/mol. The van der Waals surface area contributed by atoms with Crippen molar-refractivity contribution in [3.05, 3.63) is 100 Å². The van der Waals surface area contributed by atoms with Crippen molar-refractivity contribution in [3.8, 4) is 22.8 Å². The summed E-state index contributed by atoms with van der Waals surface area (Å²) < 4.78 is 11.6. The smallest absolute Gasteiger partial charge is 0.248 e. The van der Waals surface area contributed by atoms with Crippen molar-refractivity contribution in [1.29, 1.82) is 0 Å². The van der Waals surface area contributed by atoms with Gasteiger partial charge in [0.2, 0.25) is 11.8 Å². The first kappa shape index (κ1) is 22.0. The monoisotopic (exact) mass is 488 g/mol. The maximum absolute atomic E-state index is 12.4. The number of oxazole rings is 1. The standard InChI is InChI=1S/C27H18Cl2N2O3/c1-16-5-7-17(8-6-16)27-31-22-15-18(9-12-24(22)34-27)30-25(32)14-11-19-10-13-23(33-19)20-3-2-4-21(28)26(20)29/h2-15H,1H3,(H,30,32). The zero-order valence-electron chi connectivity index (χ0n) is 18.0. The number of hydrogen-bond donors (Lipinski definition) is 1. The average molecular weight is 489 g/mol. The van der Waals surface area contributed by atoms with E-state index in [0.717, 1.165) is 11.1 Å². The van der Waals surface area contributed by atoms with Gasteiger partial charge in [0.1, 0.15) is 17.0 Å². The van der Waals surface area contributed by atoms with Crippen LogP contribution in [0, 0.1) is 6.92 Å². The third-order valence-corrected chi connectivity index (χ3v) is 6.02. The Morgan fingerprint density at radius 1 is 0.971 bits per heavy atom. The summed E-state index contributed by atoms with van der Waals surface area (Å²) in [5, 5.41) is 3.69. The molecule has 2 aromatic heterocycles. The summed E-state index contributed by atoms with van der Waals surface area (Å²) in [7, 11) is 0. The molecule has 0 aliphatic heterocycles. The Morgan fingerprint density at radius 3 is 2.62 bits per heavy atom. The highest BCUT2D eigenvalue weighted by Crippen LogP contribution is 2.34. The van der Waals surface area contributed by atoms with Crippen LogP contribution in [0.4, 0.5) is 5.69 Å². The lowest BCUT2D eigenvalue weighted by molar-refractivity contribution is -0.111. The van der Waals surface area contributed by atoms with Crippen LogP contribution in [-0.4, -0.2) is 10.9 Å². The summed E-state index contributed by atoms with van der Waals surface area (Å²) in [5.41, 5.74) is 4.66. The maximum Gasteiger partial charge on any atom is 0.248 e. The van der Waals surface area contributed by atoms with E-state index in [1.165, 1.54) is 6.08 Å². The van der Waals surface area contributed by atoms with E-state index in [1.807, 2.05) is 37.3 Å². The van der Waals surface area contributed by atoms with Crippen molar-refractivity contribution in [2.24, 2.45) is 0 Å². The average Bonchev–Trinajstić information content (AvgIpc) is 3.47. The molecule has 0 aliphatic carbocycles. The molecule has 1 amide bonds. The van der Waals surface area contributed by atoms with Gasteiger partial charge in [-0.1, -0.05) is 47.0 Å². The maximum atomic E-state index is 12.4. The number of halogens is 2. The number of furan rings is 1. The molecule has 34 heavy (non-hydrogen) atoms. The molecule has 7 heteroatoms. The Kier molecular flexibility index (Phi) is 5.97. The van der Waals surface area contributed by atoms with Crippen LogP contribution in [0.25, 0.3) is 40.0 Å². The summed E-state index contributed by atoms with van der Waals surface area (Å²) in [6.07, 6.45) is 2.98. The van der Waals surface area contributed by atoms with Crippen molar-refractivity contribution in [2.75, 3.05) is 5.32 Å². The molecule has 0 spiro atoms. The molecule has 0 aliphatic rings. The zero-order valence-corrected chi connectivity index (χ0v) is 19.5. The SMILES string of the molecule is Cc1ccc(-c2nc3cc(NC(=O)C=Cc4ccc(-c5cccc(Cl)c5Cl)o4)ccc3o2)cc1. The largest absolute Gasteiger partial charge is 0.457 e. The van der Waals surface area contributed by atoms with E-state index in [2.05, 4.69) is 10.3 Å². The lowest BCUT2D eigenvalue weighted by Gasteiger charge is -2.02. The normalized spacial score (nSPS) is 11.4. The van der Waals surface area contributed by atoms with Crippen LogP contribution in [0.15, 0.2) is 87.7 Å². The van der Waals surface area contributed by atoms with E-state index in [9.17, 15) is 4.79 Å². The van der Waals surface area contributed by atoms with Crippen LogP contribution in [-0.2, 0) is 4.79 Å². The number of hydrogen-bond acceptors (Lipinski definition) is 4. The Bertz CT molecular complexity index is 1530. The lowest BCUT2D eigenvalue weighted by Crippen LogP contribution is -2.07. The van der Waals surface area contributed by atoms with E-state index < -0.39 is 0 Å². The topological polar surface area (TPSA) is 68.3 Å².